The van der Waals surface area contributed by atoms with Crippen molar-refractivity contribution in [2.45, 2.75) is 68.5 Å². The van der Waals surface area contributed by atoms with Gasteiger partial charge in [0.2, 0.25) is 17.7 Å². The van der Waals surface area contributed by atoms with E-state index in [2.05, 4.69) is 5.32 Å². The van der Waals surface area contributed by atoms with Crippen LogP contribution in [0.4, 0.5) is 0 Å². The van der Waals surface area contributed by atoms with Gasteiger partial charge in [-0.25, -0.2) is 0 Å². The summed E-state index contributed by atoms with van der Waals surface area (Å²) >= 11 is 1.28. The molecule has 2 aromatic rings. The number of rotatable bonds is 13. The van der Waals surface area contributed by atoms with Crippen molar-refractivity contribution in [3.8, 4) is 5.75 Å². The van der Waals surface area contributed by atoms with Crippen molar-refractivity contribution in [1.82, 2.24) is 5.32 Å². The summed E-state index contributed by atoms with van der Waals surface area (Å²) in [5, 5.41) is 33.4. The van der Waals surface area contributed by atoms with Crippen molar-refractivity contribution in [3.05, 3.63) is 64.7 Å². The van der Waals surface area contributed by atoms with E-state index in [-0.39, 0.29) is 19.4 Å². The highest BCUT2D eigenvalue weighted by Crippen LogP contribution is 2.36. The molecule has 0 radical (unpaired) electrons. The first-order chi connectivity index (χ1) is 19.0. The number of carbonyl (C=O) groups is 3. The molecule has 6 atom stereocenters. The second-order valence-electron chi connectivity index (χ2n) is 9.78. The van der Waals surface area contributed by atoms with Crippen molar-refractivity contribution >= 4 is 29.5 Å². The van der Waals surface area contributed by atoms with Gasteiger partial charge in [0.05, 0.1) is 13.0 Å². The Hall–Kier alpha value is -3.16. The molecule has 1 fully saturated rings. The molecule has 0 spiro atoms. The zero-order valence-electron chi connectivity index (χ0n) is 22.5. The topological polar surface area (TPSA) is 194 Å². The molecule has 1 aliphatic rings. The minimum absolute atomic E-state index is 0.0866. The molecule has 8 N–H and O–H groups in total. The number of thioether (sulfide) groups is 1. The van der Waals surface area contributed by atoms with Crippen molar-refractivity contribution < 1.29 is 39.2 Å². The molecule has 0 aliphatic carbocycles. The molecule has 3 rings (SSSR count). The molecular formula is C28H37N3O8S. The number of primary amides is 2. The third kappa shape index (κ3) is 8.42. The first kappa shape index (κ1) is 31.4. The Bertz CT molecular complexity index is 1180. The SMILES string of the molecule is CS[C@H]1O[C@@H](c2ccc(C)c(Cc3ccc(OCCCC(=O)NC(CC(N)=O)C(N)=O)cc3)c2)[C@H](O)[C@@H](O)[C@@H]1O. The van der Waals surface area contributed by atoms with E-state index in [0.29, 0.717) is 18.6 Å². The molecule has 40 heavy (non-hydrogen) atoms. The summed E-state index contributed by atoms with van der Waals surface area (Å²) in [4.78, 5) is 34.4. The Labute approximate surface area is 237 Å². The minimum Gasteiger partial charge on any atom is -0.494 e. The zero-order chi connectivity index (χ0) is 29.4. The van der Waals surface area contributed by atoms with E-state index in [9.17, 15) is 29.7 Å². The van der Waals surface area contributed by atoms with Gasteiger partial charge in [0.25, 0.3) is 0 Å². The molecule has 0 saturated carbocycles. The molecule has 12 heteroatoms. The molecule has 1 saturated heterocycles. The molecule has 218 valence electrons. The van der Waals surface area contributed by atoms with Gasteiger partial charge in [-0.15, -0.1) is 11.8 Å². The summed E-state index contributed by atoms with van der Waals surface area (Å²) < 4.78 is 11.6. The van der Waals surface area contributed by atoms with Gasteiger partial charge in [-0.05, 0) is 60.4 Å². The van der Waals surface area contributed by atoms with Gasteiger partial charge >= 0.3 is 0 Å². The van der Waals surface area contributed by atoms with E-state index < -0.39 is 53.6 Å². The lowest BCUT2D eigenvalue weighted by Crippen LogP contribution is -2.52. The largest absolute Gasteiger partial charge is 0.494 e. The fourth-order valence-corrected chi connectivity index (χ4v) is 5.08. The number of aliphatic hydroxyl groups is 3. The monoisotopic (exact) mass is 575 g/mol. The fourth-order valence-electron chi connectivity index (χ4n) is 4.41. The first-order valence-electron chi connectivity index (χ1n) is 12.9. The number of nitrogens with one attached hydrogen (secondary N) is 1. The maximum Gasteiger partial charge on any atom is 0.240 e. The summed E-state index contributed by atoms with van der Waals surface area (Å²) in [5.74, 6) is -1.36. The summed E-state index contributed by atoms with van der Waals surface area (Å²) in [6.07, 6.45) is -1.99. The number of ether oxygens (including phenoxy) is 2. The Balaban J connectivity index is 1.53. The van der Waals surface area contributed by atoms with Crippen LogP contribution < -0.4 is 21.5 Å². The predicted octanol–water partition coefficient (Wildman–Crippen LogP) is 0.433. The van der Waals surface area contributed by atoms with Crippen LogP contribution in [0.25, 0.3) is 0 Å². The van der Waals surface area contributed by atoms with Crippen molar-refractivity contribution in [2.75, 3.05) is 12.9 Å². The molecule has 0 bridgehead atoms. The highest BCUT2D eigenvalue weighted by Gasteiger charge is 2.44. The van der Waals surface area contributed by atoms with Crippen LogP contribution in [0.5, 0.6) is 5.75 Å². The van der Waals surface area contributed by atoms with Gasteiger partial charge in [0.15, 0.2) is 0 Å². The number of carbonyl (C=O) groups excluding carboxylic acids is 3. The highest BCUT2D eigenvalue weighted by atomic mass is 32.2. The highest BCUT2D eigenvalue weighted by molar-refractivity contribution is 7.99. The summed E-state index contributed by atoms with van der Waals surface area (Å²) in [6, 6.07) is 12.2. The zero-order valence-corrected chi connectivity index (χ0v) is 23.3. The van der Waals surface area contributed by atoms with Crippen LogP contribution in [0.15, 0.2) is 42.5 Å². The second kappa shape index (κ2) is 14.5. The molecule has 11 nitrogen and oxygen atoms in total. The lowest BCUT2D eigenvalue weighted by Gasteiger charge is -2.40. The average Bonchev–Trinajstić information content (AvgIpc) is 2.91. The van der Waals surface area contributed by atoms with E-state index in [1.807, 2.05) is 49.4 Å². The smallest absolute Gasteiger partial charge is 0.240 e. The standard InChI is InChI=1S/C28H37N3O8S/c1-15-5-8-17(26-24(35)23(34)25(36)28(39-26)40-2)13-18(15)12-16-6-9-19(10-7-16)38-11-3-4-22(33)31-20(27(30)37)14-21(29)32/h5-10,13,20,23-26,28,34-36H,3-4,11-12,14H2,1-2H3,(H2,29,32)(H2,30,37)(H,31,33)/t20?,23-,24-,25+,26+,28-/m1/s1. The van der Waals surface area contributed by atoms with Gasteiger partial charge in [0.1, 0.15) is 41.6 Å². The van der Waals surface area contributed by atoms with Crippen molar-refractivity contribution in [1.29, 1.82) is 0 Å². The lowest BCUT2D eigenvalue weighted by molar-refractivity contribution is -0.200. The molecule has 2 aromatic carbocycles. The van der Waals surface area contributed by atoms with Crippen LogP contribution in [0.2, 0.25) is 0 Å². The van der Waals surface area contributed by atoms with Crippen molar-refractivity contribution in [2.24, 2.45) is 11.5 Å². The second-order valence-corrected chi connectivity index (χ2v) is 10.7. The maximum absolute atomic E-state index is 12.0. The Morgan fingerprint density at radius 2 is 1.75 bits per heavy atom. The summed E-state index contributed by atoms with van der Waals surface area (Å²) in [6.45, 7) is 2.26. The van der Waals surface area contributed by atoms with E-state index in [1.54, 1.807) is 6.26 Å². The normalized spacial score (nSPS) is 23.3. The van der Waals surface area contributed by atoms with Crippen molar-refractivity contribution in [3.63, 3.8) is 0 Å². The fraction of sp³-hybridized carbons (Fsp3) is 0.464. The average molecular weight is 576 g/mol. The number of amides is 3. The number of aliphatic hydroxyl groups excluding tert-OH is 3. The van der Waals surface area contributed by atoms with Crippen LogP contribution in [0, 0.1) is 6.92 Å². The van der Waals surface area contributed by atoms with Crippen LogP contribution in [0.3, 0.4) is 0 Å². The number of hydrogen-bond donors (Lipinski definition) is 6. The maximum atomic E-state index is 12.0. The van der Waals surface area contributed by atoms with Crippen LogP contribution >= 0.6 is 11.8 Å². The van der Waals surface area contributed by atoms with Crippen LogP contribution in [-0.2, 0) is 25.5 Å². The molecule has 3 amide bonds. The third-order valence-corrected chi connectivity index (χ3v) is 7.58. The van der Waals surface area contributed by atoms with Gasteiger partial charge < -0.3 is 41.6 Å². The quantitative estimate of drug-likeness (QED) is 0.184. The molecule has 0 aromatic heterocycles. The van der Waals surface area contributed by atoms with E-state index >= 15 is 0 Å². The molecular weight excluding hydrogens is 538 g/mol. The van der Waals surface area contributed by atoms with E-state index in [4.69, 9.17) is 20.9 Å². The van der Waals surface area contributed by atoms with E-state index in [0.717, 1.165) is 22.3 Å². The summed E-state index contributed by atoms with van der Waals surface area (Å²) in [5.41, 5.74) is 13.4. The molecule has 1 heterocycles. The molecule has 1 unspecified atom stereocenters. The number of nitrogens with two attached hydrogens (primary N) is 2. The number of aryl methyl sites for hydroxylation is 1. The summed E-state index contributed by atoms with van der Waals surface area (Å²) in [7, 11) is 0. The van der Waals surface area contributed by atoms with Gasteiger partial charge in [-0.2, -0.15) is 0 Å². The van der Waals surface area contributed by atoms with Gasteiger partial charge in [0, 0.05) is 6.42 Å². The van der Waals surface area contributed by atoms with Crippen LogP contribution in [-0.4, -0.2) is 75.7 Å². The lowest BCUT2D eigenvalue weighted by atomic mass is 9.91. The minimum atomic E-state index is -1.31. The number of hydrogen-bond acceptors (Lipinski definition) is 9. The first-order valence-corrected chi connectivity index (χ1v) is 14.2. The van der Waals surface area contributed by atoms with Crippen LogP contribution in [0.1, 0.15) is 47.6 Å². The number of benzene rings is 2. The molecule has 1 aliphatic heterocycles. The Morgan fingerprint density at radius 1 is 1.05 bits per heavy atom. The Morgan fingerprint density at radius 3 is 2.38 bits per heavy atom. The third-order valence-electron chi connectivity index (χ3n) is 6.72. The van der Waals surface area contributed by atoms with Gasteiger partial charge in [-0.1, -0.05) is 30.3 Å². The van der Waals surface area contributed by atoms with Gasteiger partial charge in [-0.3, -0.25) is 14.4 Å². The predicted molar refractivity (Wildman–Crippen MR) is 149 cm³/mol. The van der Waals surface area contributed by atoms with E-state index in [1.165, 1.54) is 11.8 Å². The Kier molecular flexibility index (Phi) is 11.3.